The summed E-state index contributed by atoms with van der Waals surface area (Å²) < 4.78 is 39.7. The minimum Gasteiger partial charge on any atom is -0.493 e. The number of halogens is 2. The van der Waals surface area contributed by atoms with E-state index in [1.54, 1.807) is 30.5 Å². The van der Waals surface area contributed by atoms with Crippen LogP contribution in [0, 0.1) is 11.3 Å². The van der Waals surface area contributed by atoms with Gasteiger partial charge in [0.25, 0.3) is 0 Å². The standard InChI is InChI=1S/C17H14F2N2O3/c1-22-14-8-11(9-15(23-2)16(14)24-17(18)19)7-12(10-20)13-5-3-4-6-21-13/h3-9,17H,1-2H3/b12-7-. The van der Waals surface area contributed by atoms with Gasteiger partial charge in [0.15, 0.2) is 11.5 Å². The van der Waals surface area contributed by atoms with Crippen LogP contribution in [0.4, 0.5) is 8.78 Å². The van der Waals surface area contributed by atoms with Gasteiger partial charge in [0.1, 0.15) is 6.07 Å². The molecule has 0 fully saturated rings. The monoisotopic (exact) mass is 332 g/mol. The van der Waals surface area contributed by atoms with Crippen LogP contribution in [0.3, 0.4) is 0 Å². The Labute approximate surface area is 137 Å². The molecule has 24 heavy (non-hydrogen) atoms. The van der Waals surface area contributed by atoms with Crippen LogP contribution in [0.15, 0.2) is 36.5 Å². The van der Waals surface area contributed by atoms with Gasteiger partial charge in [0.2, 0.25) is 5.75 Å². The van der Waals surface area contributed by atoms with Gasteiger partial charge in [-0.3, -0.25) is 4.98 Å². The largest absolute Gasteiger partial charge is 0.493 e. The number of aromatic nitrogens is 1. The number of hydrogen-bond acceptors (Lipinski definition) is 5. The minimum atomic E-state index is -3.02. The summed E-state index contributed by atoms with van der Waals surface area (Å²) in [7, 11) is 2.65. The number of nitrogens with zero attached hydrogens (tertiary/aromatic N) is 2. The first kappa shape index (κ1) is 17.2. The highest BCUT2D eigenvalue weighted by molar-refractivity contribution is 5.88. The first-order chi connectivity index (χ1) is 11.6. The number of pyridine rings is 1. The van der Waals surface area contributed by atoms with Crippen LogP contribution in [0.2, 0.25) is 0 Å². The van der Waals surface area contributed by atoms with Gasteiger partial charge in [-0.15, -0.1) is 0 Å². The van der Waals surface area contributed by atoms with E-state index in [9.17, 15) is 14.0 Å². The Kier molecular flexibility index (Phi) is 5.68. The normalized spacial score (nSPS) is 11.1. The summed E-state index contributed by atoms with van der Waals surface area (Å²) in [5.41, 5.74) is 1.32. The number of hydrogen-bond donors (Lipinski definition) is 0. The van der Waals surface area contributed by atoms with Gasteiger partial charge in [0.05, 0.1) is 25.5 Å². The highest BCUT2D eigenvalue weighted by Gasteiger charge is 2.18. The van der Waals surface area contributed by atoms with Gasteiger partial charge in [-0.1, -0.05) is 6.07 Å². The fraction of sp³-hybridized carbons (Fsp3) is 0.176. The van der Waals surface area contributed by atoms with Gasteiger partial charge >= 0.3 is 6.61 Å². The lowest BCUT2D eigenvalue weighted by Crippen LogP contribution is -2.05. The maximum absolute atomic E-state index is 12.5. The number of ether oxygens (including phenoxy) is 3. The summed E-state index contributed by atoms with van der Waals surface area (Å²) in [4.78, 5) is 4.11. The van der Waals surface area contributed by atoms with Crippen LogP contribution in [-0.4, -0.2) is 25.8 Å². The van der Waals surface area contributed by atoms with Crippen molar-refractivity contribution < 1.29 is 23.0 Å². The van der Waals surface area contributed by atoms with Crippen LogP contribution in [-0.2, 0) is 0 Å². The molecule has 124 valence electrons. The molecule has 0 amide bonds. The van der Waals surface area contributed by atoms with Crippen molar-refractivity contribution in [2.75, 3.05) is 14.2 Å². The van der Waals surface area contributed by atoms with Gasteiger partial charge < -0.3 is 14.2 Å². The SMILES string of the molecule is COc1cc(/C=C(/C#N)c2ccccn2)cc(OC)c1OC(F)F. The highest BCUT2D eigenvalue weighted by atomic mass is 19.3. The number of benzene rings is 1. The topological polar surface area (TPSA) is 64.4 Å². The molecule has 1 aromatic carbocycles. The van der Waals surface area contributed by atoms with Crippen LogP contribution in [0.1, 0.15) is 11.3 Å². The van der Waals surface area contributed by atoms with Crippen molar-refractivity contribution in [3.05, 3.63) is 47.8 Å². The molecule has 0 saturated heterocycles. The quantitative estimate of drug-likeness (QED) is 0.754. The molecule has 0 spiro atoms. The average Bonchev–Trinajstić information content (AvgIpc) is 2.60. The molecule has 5 nitrogen and oxygen atoms in total. The smallest absolute Gasteiger partial charge is 0.387 e. The maximum atomic E-state index is 12.5. The first-order valence-corrected chi connectivity index (χ1v) is 6.83. The summed E-state index contributed by atoms with van der Waals surface area (Å²) in [6, 6.07) is 10.2. The van der Waals surface area contributed by atoms with Crippen LogP contribution < -0.4 is 14.2 Å². The van der Waals surface area contributed by atoms with Gasteiger partial charge in [-0.05, 0) is 35.9 Å². The molecular weight excluding hydrogens is 318 g/mol. The van der Waals surface area contributed by atoms with E-state index < -0.39 is 6.61 Å². The number of allylic oxidation sites excluding steroid dienone is 1. The molecule has 7 heteroatoms. The lowest BCUT2D eigenvalue weighted by molar-refractivity contribution is -0.0526. The van der Waals surface area contributed by atoms with Crippen molar-refractivity contribution >= 4 is 11.6 Å². The summed E-state index contributed by atoms with van der Waals surface area (Å²) >= 11 is 0. The molecule has 2 aromatic rings. The Morgan fingerprint density at radius 2 is 1.88 bits per heavy atom. The Morgan fingerprint density at radius 1 is 1.21 bits per heavy atom. The number of rotatable bonds is 6. The molecule has 1 heterocycles. The van der Waals surface area contributed by atoms with Crippen LogP contribution >= 0.6 is 0 Å². The van der Waals surface area contributed by atoms with Crippen LogP contribution in [0.25, 0.3) is 11.6 Å². The van der Waals surface area contributed by atoms with Crippen molar-refractivity contribution in [1.29, 1.82) is 5.26 Å². The third kappa shape index (κ3) is 3.98. The third-order valence-corrected chi connectivity index (χ3v) is 3.06. The number of nitriles is 1. The highest BCUT2D eigenvalue weighted by Crippen LogP contribution is 2.40. The van der Waals surface area contributed by atoms with E-state index in [4.69, 9.17) is 9.47 Å². The molecule has 0 saturated carbocycles. The van der Waals surface area contributed by atoms with Crippen molar-refractivity contribution in [1.82, 2.24) is 4.98 Å². The molecule has 0 bridgehead atoms. The van der Waals surface area contributed by atoms with E-state index in [0.29, 0.717) is 16.8 Å². The lowest BCUT2D eigenvalue weighted by atomic mass is 10.1. The third-order valence-electron chi connectivity index (χ3n) is 3.06. The molecule has 1 aromatic heterocycles. The second kappa shape index (κ2) is 7.92. The molecular formula is C17H14F2N2O3. The van der Waals surface area contributed by atoms with Gasteiger partial charge in [-0.2, -0.15) is 14.0 Å². The molecule has 2 rings (SSSR count). The van der Waals surface area contributed by atoms with Gasteiger partial charge in [-0.25, -0.2) is 0 Å². The Morgan fingerprint density at radius 3 is 2.33 bits per heavy atom. The Balaban J connectivity index is 2.51. The molecule has 0 radical (unpaired) electrons. The maximum Gasteiger partial charge on any atom is 0.387 e. The summed E-state index contributed by atoms with van der Waals surface area (Å²) in [5.74, 6) is -0.0677. The van der Waals surface area contributed by atoms with Crippen molar-refractivity contribution in [3.63, 3.8) is 0 Å². The predicted octanol–water partition coefficient (Wildman–Crippen LogP) is 3.76. The predicted molar refractivity (Wildman–Crippen MR) is 83.9 cm³/mol. The summed E-state index contributed by atoms with van der Waals surface area (Å²) in [6.07, 6.45) is 3.13. The van der Waals surface area contributed by atoms with Crippen LogP contribution in [0.5, 0.6) is 17.2 Å². The molecule has 0 unspecified atom stereocenters. The zero-order valence-electron chi connectivity index (χ0n) is 13.0. The van der Waals surface area contributed by atoms with E-state index in [2.05, 4.69) is 15.8 Å². The van der Waals surface area contributed by atoms with E-state index in [1.165, 1.54) is 26.4 Å². The molecule has 0 atom stereocenters. The first-order valence-electron chi connectivity index (χ1n) is 6.83. The van der Waals surface area contributed by atoms with E-state index in [0.717, 1.165) is 0 Å². The van der Waals surface area contributed by atoms with Crippen molar-refractivity contribution in [2.45, 2.75) is 6.61 Å². The molecule has 0 aliphatic carbocycles. The van der Waals surface area contributed by atoms with E-state index in [-0.39, 0.29) is 17.2 Å². The second-order valence-corrected chi connectivity index (χ2v) is 4.52. The molecule has 0 aliphatic heterocycles. The minimum absolute atomic E-state index is 0.0687. The zero-order valence-corrected chi connectivity index (χ0v) is 13.0. The second-order valence-electron chi connectivity index (χ2n) is 4.52. The molecule has 0 aliphatic rings. The summed E-state index contributed by atoms with van der Waals surface area (Å²) in [6.45, 7) is -3.02. The fourth-order valence-electron chi connectivity index (χ4n) is 2.04. The van der Waals surface area contributed by atoms with Gasteiger partial charge in [0, 0.05) is 6.20 Å². The zero-order chi connectivity index (χ0) is 17.5. The number of methoxy groups -OCH3 is 2. The van der Waals surface area contributed by atoms with E-state index in [1.807, 2.05) is 0 Å². The number of alkyl halides is 2. The Bertz CT molecular complexity index is 746. The average molecular weight is 332 g/mol. The lowest BCUT2D eigenvalue weighted by Gasteiger charge is -2.14. The van der Waals surface area contributed by atoms with E-state index >= 15 is 0 Å². The van der Waals surface area contributed by atoms with Crippen molar-refractivity contribution in [2.24, 2.45) is 0 Å². The fourth-order valence-corrected chi connectivity index (χ4v) is 2.04. The molecule has 0 N–H and O–H groups in total. The van der Waals surface area contributed by atoms with Crippen molar-refractivity contribution in [3.8, 4) is 23.3 Å². The summed E-state index contributed by atoms with van der Waals surface area (Å²) in [5, 5.41) is 9.32. The Hall–Kier alpha value is -3.14.